The number of anilines is 1. The fourth-order valence-electron chi connectivity index (χ4n) is 1.41. The Balaban J connectivity index is 3.01. The van der Waals surface area contributed by atoms with Crippen LogP contribution in [0.2, 0.25) is 10.0 Å². The lowest BCUT2D eigenvalue weighted by Gasteiger charge is -2.13. The van der Waals surface area contributed by atoms with E-state index >= 15 is 0 Å². The van der Waals surface area contributed by atoms with Crippen molar-refractivity contribution >= 4 is 52.1 Å². The van der Waals surface area contributed by atoms with Gasteiger partial charge in [-0.2, -0.15) is 0 Å². The van der Waals surface area contributed by atoms with Crippen molar-refractivity contribution in [2.45, 2.75) is 13.8 Å². The molecule has 1 aromatic rings. The molecule has 1 aromatic carbocycles. The van der Waals surface area contributed by atoms with E-state index in [1.807, 2.05) is 0 Å². The van der Waals surface area contributed by atoms with Crippen LogP contribution >= 0.6 is 35.4 Å². The molecule has 0 heterocycles. The Labute approximate surface area is 132 Å². The maximum Gasteiger partial charge on any atom is 0.342 e. The molecule has 0 unspecified atom stereocenters. The zero-order chi connectivity index (χ0) is 15.3. The summed E-state index contributed by atoms with van der Waals surface area (Å²) < 4.78 is 4.91. The van der Waals surface area contributed by atoms with Gasteiger partial charge in [0.05, 0.1) is 17.3 Å². The summed E-state index contributed by atoms with van der Waals surface area (Å²) in [6.07, 6.45) is 0. The Morgan fingerprint density at radius 3 is 2.65 bits per heavy atom. The number of esters is 1. The number of hydrogen-bond donors (Lipinski definition) is 2. The maximum absolute atomic E-state index is 11.8. The lowest BCUT2D eigenvalue weighted by atomic mass is 10.2. The number of carbonyl (C=O) groups is 1. The molecule has 0 aliphatic rings. The van der Waals surface area contributed by atoms with Gasteiger partial charge in [-0.05, 0) is 32.0 Å². The lowest BCUT2D eigenvalue weighted by molar-refractivity contribution is -0.137. The molecule has 0 amide bonds. The van der Waals surface area contributed by atoms with Crippen molar-refractivity contribution < 1.29 is 9.53 Å². The fraction of sp³-hybridized carbons (Fsp3) is 0.231. The van der Waals surface area contributed by atoms with Crippen molar-refractivity contribution in [3.8, 4) is 0 Å². The molecule has 20 heavy (non-hydrogen) atoms. The Morgan fingerprint density at radius 2 is 2.10 bits per heavy atom. The van der Waals surface area contributed by atoms with Crippen molar-refractivity contribution in [2.24, 2.45) is 5.73 Å². The van der Waals surface area contributed by atoms with Crippen molar-refractivity contribution in [2.75, 3.05) is 11.9 Å². The molecule has 0 radical (unpaired) electrons. The molecule has 3 N–H and O–H groups in total. The molecule has 0 bridgehead atoms. The van der Waals surface area contributed by atoms with Crippen LogP contribution < -0.4 is 11.1 Å². The molecule has 0 spiro atoms. The van der Waals surface area contributed by atoms with Crippen molar-refractivity contribution in [1.82, 2.24) is 0 Å². The molecule has 0 saturated carbocycles. The van der Waals surface area contributed by atoms with Crippen LogP contribution in [-0.4, -0.2) is 17.6 Å². The maximum atomic E-state index is 11.8. The van der Waals surface area contributed by atoms with E-state index in [2.05, 4.69) is 5.32 Å². The molecule has 4 nitrogen and oxygen atoms in total. The summed E-state index contributed by atoms with van der Waals surface area (Å²) in [6.45, 7) is 3.50. The van der Waals surface area contributed by atoms with Crippen LogP contribution in [0.5, 0.6) is 0 Å². The third-order valence-corrected chi connectivity index (χ3v) is 3.15. The standard InChI is InChI=1S/C13H14Cl2N2O2S/c1-3-19-13(18)11(7(2)16)12(20)17-10-6-8(14)4-5-9(10)15/h4-6H,3,16H2,1-2H3,(H,17,20)/b11-7+. The molecule has 0 saturated heterocycles. The predicted octanol–water partition coefficient (Wildman–Crippen LogP) is 3.53. The van der Waals surface area contributed by atoms with Crippen LogP contribution in [0, 0.1) is 0 Å². The summed E-state index contributed by atoms with van der Waals surface area (Å²) in [5.41, 5.74) is 6.55. The van der Waals surface area contributed by atoms with Gasteiger partial charge in [0, 0.05) is 10.7 Å². The predicted molar refractivity (Wildman–Crippen MR) is 86.2 cm³/mol. The van der Waals surface area contributed by atoms with E-state index in [0.717, 1.165) is 0 Å². The van der Waals surface area contributed by atoms with Gasteiger partial charge in [-0.3, -0.25) is 0 Å². The number of hydrogen-bond acceptors (Lipinski definition) is 4. The first-order chi connectivity index (χ1) is 9.36. The van der Waals surface area contributed by atoms with E-state index in [-0.39, 0.29) is 22.9 Å². The van der Waals surface area contributed by atoms with E-state index in [0.29, 0.717) is 15.7 Å². The molecule has 0 aromatic heterocycles. The minimum atomic E-state index is -0.580. The third kappa shape index (κ3) is 4.37. The van der Waals surface area contributed by atoms with Gasteiger partial charge in [0.15, 0.2) is 0 Å². The van der Waals surface area contributed by atoms with Gasteiger partial charge in [-0.15, -0.1) is 0 Å². The molecule has 1 rings (SSSR count). The second-order valence-electron chi connectivity index (χ2n) is 3.86. The molecular weight excluding hydrogens is 319 g/mol. The van der Waals surface area contributed by atoms with Gasteiger partial charge in [0.1, 0.15) is 10.6 Å². The fourth-order valence-corrected chi connectivity index (χ4v) is 2.11. The van der Waals surface area contributed by atoms with Gasteiger partial charge in [-0.1, -0.05) is 35.4 Å². The molecule has 0 atom stereocenters. The molecule has 0 aliphatic heterocycles. The summed E-state index contributed by atoms with van der Waals surface area (Å²) in [7, 11) is 0. The van der Waals surface area contributed by atoms with Gasteiger partial charge >= 0.3 is 5.97 Å². The zero-order valence-electron chi connectivity index (χ0n) is 11.0. The SMILES string of the molecule is CCOC(=O)/C(C(=S)Nc1cc(Cl)ccc1Cl)=C(\C)N. The average molecular weight is 333 g/mol. The van der Waals surface area contributed by atoms with Crippen molar-refractivity contribution in [1.29, 1.82) is 0 Å². The third-order valence-electron chi connectivity index (χ3n) is 2.28. The van der Waals surface area contributed by atoms with E-state index < -0.39 is 5.97 Å². The number of nitrogens with one attached hydrogen (secondary N) is 1. The summed E-state index contributed by atoms with van der Waals surface area (Å²) in [5.74, 6) is -0.580. The van der Waals surface area contributed by atoms with Crippen molar-refractivity contribution in [3.05, 3.63) is 39.5 Å². The monoisotopic (exact) mass is 332 g/mol. The Morgan fingerprint density at radius 1 is 1.45 bits per heavy atom. The van der Waals surface area contributed by atoms with Crippen LogP contribution in [0.15, 0.2) is 29.5 Å². The quantitative estimate of drug-likeness (QED) is 0.501. The van der Waals surface area contributed by atoms with Gasteiger partial charge in [0.25, 0.3) is 0 Å². The van der Waals surface area contributed by atoms with Crippen LogP contribution in [0.1, 0.15) is 13.8 Å². The van der Waals surface area contributed by atoms with Crippen LogP contribution in [0.25, 0.3) is 0 Å². The normalized spacial score (nSPS) is 11.6. The van der Waals surface area contributed by atoms with E-state index in [4.69, 9.17) is 45.9 Å². The largest absolute Gasteiger partial charge is 0.462 e. The minimum Gasteiger partial charge on any atom is -0.462 e. The molecule has 0 aliphatic carbocycles. The minimum absolute atomic E-state index is 0.109. The van der Waals surface area contributed by atoms with Gasteiger partial charge in [0.2, 0.25) is 0 Å². The number of halogens is 2. The summed E-state index contributed by atoms with van der Waals surface area (Å²) in [6, 6.07) is 4.87. The molecule has 0 fully saturated rings. The highest BCUT2D eigenvalue weighted by atomic mass is 35.5. The summed E-state index contributed by atoms with van der Waals surface area (Å²) in [4.78, 5) is 12.0. The number of rotatable bonds is 4. The molecular formula is C13H14Cl2N2O2S. The van der Waals surface area contributed by atoms with Crippen LogP contribution in [-0.2, 0) is 9.53 Å². The van der Waals surface area contributed by atoms with Crippen LogP contribution in [0.4, 0.5) is 5.69 Å². The highest BCUT2D eigenvalue weighted by Crippen LogP contribution is 2.26. The second-order valence-corrected chi connectivity index (χ2v) is 5.11. The lowest BCUT2D eigenvalue weighted by Crippen LogP contribution is -2.24. The number of allylic oxidation sites excluding steroid dienone is 1. The van der Waals surface area contributed by atoms with Crippen molar-refractivity contribution in [3.63, 3.8) is 0 Å². The first-order valence-corrected chi connectivity index (χ1v) is 6.93. The van der Waals surface area contributed by atoms with E-state index in [1.54, 1.807) is 32.0 Å². The van der Waals surface area contributed by atoms with E-state index in [9.17, 15) is 4.79 Å². The zero-order valence-corrected chi connectivity index (χ0v) is 13.3. The Hall–Kier alpha value is -1.30. The number of thiocarbonyl (C=S) groups is 1. The molecule has 7 heteroatoms. The first-order valence-electron chi connectivity index (χ1n) is 5.76. The number of carbonyl (C=O) groups excluding carboxylic acids is 1. The highest BCUT2D eigenvalue weighted by Gasteiger charge is 2.19. The van der Waals surface area contributed by atoms with Gasteiger partial charge < -0.3 is 15.8 Å². The second kappa shape index (κ2) is 7.47. The topological polar surface area (TPSA) is 64.3 Å². The average Bonchev–Trinajstić information content (AvgIpc) is 2.33. The highest BCUT2D eigenvalue weighted by molar-refractivity contribution is 7.81. The smallest absolute Gasteiger partial charge is 0.342 e. The summed E-state index contributed by atoms with van der Waals surface area (Å²) in [5, 5.41) is 3.77. The summed E-state index contributed by atoms with van der Waals surface area (Å²) >= 11 is 17.1. The van der Waals surface area contributed by atoms with Crippen LogP contribution in [0.3, 0.4) is 0 Å². The van der Waals surface area contributed by atoms with Gasteiger partial charge in [-0.25, -0.2) is 4.79 Å². The number of nitrogens with two attached hydrogens (primary N) is 1. The number of ether oxygens (including phenoxy) is 1. The number of benzene rings is 1. The Bertz CT molecular complexity index is 569. The van der Waals surface area contributed by atoms with E-state index in [1.165, 1.54) is 0 Å². The Kier molecular flexibility index (Phi) is 6.26. The first kappa shape index (κ1) is 16.8. The molecule has 108 valence electrons.